The molecule has 0 amide bonds. The number of unbranched alkanes of at least 4 members (excludes halogenated alkanes) is 1. The van der Waals surface area contributed by atoms with Crippen molar-refractivity contribution < 1.29 is 10.0 Å². The highest BCUT2D eigenvalue weighted by atomic mass is 32.2. The van der Waals surface area contributed by atoms with Crippen LogP contribution >= 0.6 is 11.8 Å². The van der Waals surface area contributed by atoms with Crippen molar-refractivity contribution in [1.82, 2.24) is 9.97 Å². The SMILES string of the molecule is CCCCc1c(O)nc(SCC[NH+](CC)CC)[nH]c1=O. The molecule has 0 aliphatic carbocycles. The lowest BCUT2D eigenvalue weighted by Gasteiger charge is -2.14. The molecule has 0 bridgehead atoms. The first-order chi connectivity index (χ1) is 9.62. The fourth-order valence-electron chi connectivity index (χ4n) is 2.01. The van der Waals surface area contributed by atoms with Gasteiger partial charge in [-0.2, -0.15) is 4.98 Å². The molecule has 1 rings (SSSR count). The molecule has 114 valence electrons. The number of aromatic amines is 1. The lowest BCUT2D eigenvalue weighted by molar-refractivity contribution is -0.893. The van der Waals surface area contributed by atoms with Gasteiger partial charge in [-0.3, -0.25) is 4.79 Å². The van der Waals surface area contributed by atoms with Gasteiger partial charge in [-0.15, -0.1) is 0 Å². The minimum Gasteiger partial charge on any atom is -0.493 e. The second-order valence-electron chi connectivity index (χ2n) is 4.83. The van der Waals surface area contributed by atoms with E-state index in [0.717, 1.165) is 38.2 Å². The first-order valence-corrected chi connectivity index (χ1v) is 8.39. The summed E-state index contributed by atoms with van der Waals surface area (Å²) in [6.07, 6.45) is 2.46. The Morgan fingerprint density at radius 3 is 2.55 bits per heavy atom. The zero-order valence-electron chi connectivity index (χ0n) is 12.7. The van der Waals surface area contributed by atoms with Crippen LogP contribution in [0.2, 0.25) is 0 Å². The quantitative estimate of drug-likeness (QED) is 0.467. The van der Waals surface area contributed by atoms with Crippen molar-refractivity contribution in [1.29, 1.82) is 0 Å². The highest BCUT2D eigenvalue weighted by molar-refractivity contribution is 7.99. The summed E-state index contributed by atoms with van der Waals surface area (Å²) in [5, 5.41) is 10.4. The maximum absolute atomic E-state index is 11.9. The molecule has 3 N–H and O–H groups in total. The Hall–Kier alpha value is -1.01. The molecule has 1 aromatic heterocycles. The van der Waals surface area contributed by atoms with Crippen molar-refractivity contribution >= 4 is 11.8 Å². The summed E-state index contributed by atoms with van der Waals surface area (Å²) in [5.41, 5.74) is 0.203. The van der Waals surface area contributed by atoms with E-state index in [0.29, 0.717) is 17.1 Å². The summed E-state index contributed by atoms with van der Waals surface area (Å²) in [5.74, 6) is 0.771. The third-order valence-electron chi connectivity index (χ3n) is 3.45. The lowest BCUT2D eigenvalue weighted by Crippen LogP contribution is -3.11. The molecule has 0 unspecified atom stereocenters. The van der Waals surface area contributed by atoms with Crippen LogP contribution in [0.3, 0.4) is 0 Å². The number of hydrogen-bond donors (Lipinski definition) is 3. The third kappa shape index (κ3) is 5.17. The number of quaternary nitrogens is 1. The summed E-state index contributed by atoms with van der Waals surface area (Å²) in [6, 6.07) is 0. The molecule has 6 heteroatoms. The van der Waals surface area contributed by atoms with Crippen LogP contribution in [0.15, 0.2) is 9.95 Å². The molecular formula is C14H26N3O2S+. The predicted octanol–water partition coefficient (Wildman–Crippen LogP) is 0.835. The number of nitrogens with one attached hydrogen (secondary N) is 2. The minimum absolute atomic E-state index is 0.111. The van der Waals surface area contributed by atoms with Crippen molar-refractivity contribution in [3.05, 3.63) is 15.9 Å². The van der Waals surface area contributed by atoms with Crippen molar-refractivity contribution in [2.24, 2.45) is 0 Å². The molecule has 0 spiro atoms. The number of hydrogen-bond acceptors (Lipinski definition) is 4. The van der Waals surface area contributed by atoms with E-state index in [1.165, 1.54) is 16.7 Å². The predicted molar refractivity (Wildman–Crippen MR) is 82.8 cm³/mol. The average Bonchev–Trinajstić information content (AvgIpc) is 2.43. The largest absolute Gasteiger partial charge is 0.493 e. The smallest absolute Gasteiger partial charge is 0.258 e. The normalized spacial score (nSPS) is 11.2. The van der Waals surface area contributed by atoms with E-state index in [-0.39, 0.29) is 11.4 Å². The number of nitrogens with zero attached hydrogens (tertiary/aromatic N) is 1. The number of aromatic hydroxyl groups is 1. The van der Waals surface area contributed by atoms with Crippen LogP contribution in [0.25, 0.3) is 0 Å². The molecule has 20 heavy (non-hydrogen) atoms. The van der Waals surface area contributed by atoms with Gasteiger partial charge in [0.15, 0.2) is 5.16 Å². The molecule has 0 saturated heterocycles. The second-order valence-corrected chi connectivity index (χ2v) is 5.92. The Bertz CT molecular complexity index is 458. The van der Waals surface area contributed by atoms with Gasteiger partial charge >= 0.3 is 0 Å². The van der Waals surface area contributed by atoms with Gasteiger partial charge < -0.3 is 15.0 Å². The van der Waals surface area contributed by atoms with Crippen molar-refractivity contribution in [2.45, 2.75) is 45.2 Å². The molecule has 0 aliphatic rings. The van der Waals surface area contributed by atoms with E-state index in [4.69, 9.17) is 0 Å². The standard InChI is InChI=1S/C14H25N3O2S/c1-4-7-8-11-12(18)15-14(16-13(11)19)20-10-9-17(5-2)6-3/h4-10H2,1-3H3,(H2,15,16,18,19)/p+1. The fraction of sp³-hybridized carbons (Fsp3) is 0.714. The summed E-state index contributed by atoms with van der Waals surface area (Å²) >= 11 is 1.49. The molecule has 0 saturated carbocycles. The molecule has 0 aromatic carbocycles. The van der Waals surface area contributed by atoms with Crippen LogP contribution < -0.4 is 10.5 Å². The fourth-order valence-corrected chi connectivity index (χ4v) is 2.91. The first-order valence-electron chi connectivity index (χ1n) is 7.40. The van der Waals surface area contributed by atoms with E-state index in [1.54, 1.807) is 0 Å². The van der Waals surface area contributed by atoms with E-state index in [2.05, 4.69) is 30.7 Å². The lowest BCUT2D eigenvalue weighted by atomic mass is 10.1. The van der Waals surface area contributed by atoms with Crippen molar-refractivity contribution in [3.63, 3.8) is 0 Å². The molecular weight excluding hydrogens is 274 g/mol. The van der Waals surface area contributed by atoms with Gasteiger partial charge in [0.05, 0.1) is 31.0 Å². The number of rotatable bonds is 9. The molecule has 0 radical (unpaired) electrons. The summed E-state index contributed by atoms with van der Waals surface area (Å²) in [4.78, 5) is 20.3. The molecule has 5 nitrogen and oxygen atoms in total. The first kappa shape index (κ1) is 17.0. The van der Waals surface area contributed by atoms with Gasteiger partial charge in [0, 0.05) is 0 Å². The van der Waals surface area contributed by atoms with Gasteiger partial charge in [0.1, 0.15) is 0 Å². The highest BCUT2D eigenvalue weighted by Crippen LogP contribution is 2.17. The second kappa shape index (κ2) is 9.02. The molecule has 1 aromatic rings. The Morgan fingerprint density at radius 2 is 2.00 bits per heavy atom. The number of aromatic nitrogens is 2. The zero-order valence-corrected chi connectivity index (χ0v) is 13.5. The van der Waals surface area contributed by atoms with Crippen LogP contribution in [-0.4, -0.2) is 40.5 Å². The van der Waals surface area contributed by atoms with Crippen molar-refractivity contribution in [3.8, 4) is 5.88 Å². The number of H-pyrrole nitrogens is 1. The Labute approximate surface area is 124 Å². The van der Waals surface area contributed by atoms with Gasteiger partial charge in [-0.1, -0.05) is 25.1 Å². The molecule has 0 atom stereocenters. The zero-order chi connectivity index (χ0) is 15.0. The monoisotopic (exact) mass is 300 g/mol. The minimum atomic E-state index is -0.205. The maximum Gasteiger partial charge on any atom is 0.258 e. The Kier molecular flexibility index (Phi) is 7.69. The summed E-state index contributed by atoms with van der Waals surface area (Å²) in [6.45, 7) is 9.61. The Balaban J connectivity index is 2.62. The van der Waals surface area contributed by atoms with E-state index < -0.39 is 0 Å². The Morgan fingerprint density at radius 1 is 1.30 bits per heavy atom. The van der Waals surface area contributed by atoms with Crippen LogP contribution in [0.4, 0.5) is 0 Å². The maximum atomic E-state index is 11.9. The summed E-state index contributed by atoms with van der Waals surface area (Å²) < 4.78 is 0. The van der Waals surface area contributed by atoms with E-state index in [9.17, 15) is 9.90 Å². The van der Waals surface area contributed by atoms with Crippen LogP contribution in [0, 0.1) is 0 Å². The molecule has 0 fully saturated rings. The topological polar surface area (TPSA) is 70.4 Å². The van der Waals surface area contributed by atoms with Gasteiger partial charge in [0.2, 0.25) is 5.88 Å². The van der Waals surface area contributed by atoms with E-state index in [1.807, 2.05) is 0 Å². The molecule has 1 heterocycles. The summed E-state index contributed by atoms with van der Waals surface area (Å²) in [7, 11) is 0. The highest BCUT2D eigenvalue weighted by Gasteiger charge is 2.11. The van der Waals surface area contributed by atoms with Gasteiger partial charge in [-0.05, 0) is 26.7 Å². The van der Waals surface area contributed by atoms with Crippen LogP contribution in [0.1, 0.15) is 39.2 Å². The number of thioether (sulfide) groups is 1. The van der Waals surface area contributed by atoms with Gasteiger partial charge in [-0.25, -0.2) is 0 Å². The van der Waals surface area contributed by atoms with Crippen LogP contribution in [0.5, 0.6) is 5.88 Å². The molecule has 0 aliphatic heterocycles. The average molecular weight is 300 g/mol. The van der Waals surface area contributed by atoms with E-state index >= 15 is 0 Å². The van der Waals surface area contributed by atoms with Gasteiger partial charge in [0.25, 0.3) is 5.56 Å². The van der Waals surface area contributed by atoms with Crippen molar-refractivity contribution in [2.75, 3.05) is 25.4 Å². The third-order valence-corrected chi connectivity index (χ3v) is 4.32. The van der Waals surface area contributed by atoms with Crippen LogP contribution in [-0.2, 0) is 6.42 Å².